The lowest BCUT2D eigenvalue weighted by Crippen LogP contribution is -2.42. The standard InChI is InChI=1S/C8H17N5O2/c1-13(2)5-4-10-7(6-11-12-9)8(14)15-3/h7,10H,4-6H2,1-3H3. The number of azide groups is 1. The Morgan fingerprint density at radius 3 is 2.80 bits per heavy atom. The van der Waals surface area contributed by atoms with Gasteiger partial charge in [0.05, 0.1) is 13.7 Å². The van der Waals surface area contributed by atoms with E-state index < -0.39 is 12.0 Å². The van der Waals surface area contributed by atoms with Gasteiger partial charge in [-0.3, -0.25) is 4.79 Å². The lowest BCUT2D eigenvalue weighted by molar-refractivity contribution is -0.142. The maximum absolute atomic E-state index is 11.2. The molecule has 0 spiro atoms. The SMILES string of the molecule is COC(=O)C(CN=[N+]=[N-])NCCN(C)C. The van der Waals surface area contributed by atoms with Crippen molar-refractivity contribution in [2.24, 2.45) is 5.11 Å². The third-order valence-corrected chi connectivity index (χ3v) is 1.76. The first-order chi connectivity index (χ1) is 7.11. The highest BCUT2D eigenvalue weighted by molar-refractivity contribution is 5.75. The number of nitrogens with one attached hydrogen (secondary N) is 1. The Hall–Kier alpha value is -1.30. The summed E-state index contributed by atoms with van der Waals surface area (Å²) in [5.41, 5.74) is 8.15. The van der Waals surface area contributed by atoms with Gasteiger partial charge >= 0.3 is 5.97 Å². The third kappa shape index (κ3) is 6.73. The third-order valence-electron chi connectivity index (χ3n) is 1.76. The molecule has 0 aliphatic rings. The van der Waals surface area contributed by atoms with E-state index in [2.05, 4.69) is 20.1 Å². The second-order valence-corrected chi connectivity index (χ2v) is 3.25. The number of ether oxygens (including phenoxy) is 1. The molecule has 0 aromatic heterocycles. The molecule has 1 N–H and O–H groups in total. The molecule has 0 rings (SSSR count). The number of likely N-dealkylation sites (N-methyl/N-ethyl adjacent to an activating group) is 1. The molecule has 0 heterocycles. The lowest BCUT2D eigenvalue weighted by atomic mass is 10.3. The normalized spacial score (nSPS) is 12.0. The molecule has 0 aromatic carbocycles. The topological polar surface area (TPSA) is 90.3 Å². The van der Waals surface area contributed by atoms with Crippen LogP contribution in [-0.4, -0.2) is 57.8 Å². The summed E-state index contributed by atoms with van der Waals surface area (Å²) < 4.78 is 4.57. The number of carbonyl (C=O) groups is 1. The van der Waals surface area contributed by atoms with Gasteiger partial charge in [-0.2, -0.15) is 0 Å². The number of rotatable bonds is 7. The molecule has 0 aliphatic carbocycles. The summed E-state index contributed by atoms with van der Waals surface area (Å²) in [6.07, 6.45) is 0. The highest BCUT2D eigenvalue weighted by Gasteiger charge is 2.16. The fourth-order valence-corrected chi connectivity index (χ4v) is 0.945. The van der Waals surface area contributed by atoms with Gasteiger partial charge in [0.1, 0.15) is 6.04 Å². The molecule has 7 nitrogen and oxygen atoms in total. The predicted octanol–water partition coefficient (Wildman–Crippen LogP) is -0.0105. The van der Waals surface area contributed by atoms with Crippen LogP contribution in [0.5, 0.6) is 0 Å². The van der Waals surface area contributed by atoms with Crippen LogP contribution in [0.25, 0.3) is 10.4 Å². The summed E-state index contributed by atoms with van der Waals surface area (Å²) >= 11 is 0. The zero-order valence-corrected chi connectivity index (χ0v) is 9.30. The molecule has 0 bridgehead atoms. The molecule has 7 heteroatoms. The van der Waals surface area contributed by atoms with E-state index in [1.807, 2.05) is 19.0 Å². The van der Waals surface area contributed by atoms with Gasteiger partial charge in [0.2, 0.25) is 0 Å². The van der Waals surface area contributed by atoms with Crippen LogP contribution < -0.4 is 5.32 Å². The second kappa shape index (κ2) is 8.05. The van der Waals surface area contributed by atoms with Crippen LogP contribution in [0.4, 0.5) is 0 Å². The first-order valence-electron chi connectivity index (χ1n) is 4.58. The van der Waals surface area contributed by atoms with Crippen molar-refractivity contribution in [2.45, 2.75) is 6.04 Å². The van der Waals surface area contributed by atoms with E-state index in [4.69, 9.17) is 5.53 Å². The van der Waals surface area contributed by atoms with Gasteiger partial charge in [-0.05, 0) is 19.6 Å². The quantitative estimate of drug-likeness (QED) is 0.280. The average Bonchev–Trinajstić information content (AvgIpc) is 2.21. The monoisotopic (exact) mass is 215 g/mol. The van der Waals surface area contributed by atoms with Crippen LogP contribution in [0.2, 0.25) is 0 Å². The Morgan fingerprint density at radius 1 is 1.67 bits per heavy atom. The van der Waals surface area contributed by atoms with Crippen LogP contribution in [-0.2, 0) is 9.53 Å². The minimum Gasteiger partial charge on any atom is -0.468 e. The summed E-state index contributed by atoms with van der Waals surface area (Å²) in [5, 5.41) is 6.30. The molecule has 0 aromatic rings. The van der Waals surface area contributed by atoms with Gasteiger partial charge < -0.3 is 15.0 Å². The van der Waals surface area contributed by atoms with Crippen LogP contribution in [0.3, 0.4) is 0 Å². The maximum Gasteiger partial charge on any atom is 0.322 e. The van der Waals surface area contributed by atoms with Crippen LogP contribution >= 0.6 is 0 Å². The van der Waals surface area contributed by atoms with Crippen molar-refractivity contribution in [1.82, 2.24) is 10.2 Å². The first kappa shape index (κ1) is 13.7. The smallest absolute Gasteiger partial charge is 0.322 e. The molecular formula is C8H17N5O2. The lowest BCUT2D eigenvalue weighted by Gasteiger charge is -2.16. The number of nitrogens with zero attached hydrogens (tertiary/aromatic N) is 4. The van der Waals surface area contributed by atoms with Crippen LogP contribution in [0.1, 0.15) is 0 Å². The fourth-order valence-electron chi connectivity index (χ4n) is 0.945. The van der Waals surface area contributed by atoms with Gasteiger partial charge in [-0.15, -0.1) is 0 Å². The molecule has 0 radical (unpaired) electrons. The fraction of sp³-hybridized carbons (Fsp3) is 0.875. The summed E-state index contributed by atoms with van der Waals surface area (Å²) in [7, 11) is 5.17. The molecular weight excluding hydrogens is 198 g/mol. The van der Waals surface area contributed by atoms with Crippen molar-refractivity contribution in [2.75, 3.05) is 40.8 Å². The van der Waals surface area contributed by atoms with E-state index >= 15 is 0 Å². The zero-order chi connectivity index (χ0) is 11.7. The van der Waals surface area contributed by atoms with Crippen molar-refractivity contribution in [1.29, 1.82) is 0 Å². The molecule has 0 amide bonds. The van der Waals surface area contributed by atoms with E-state index in [9.17, 15) is 4.79 Å². The van der Waals surface area contributed by atoms with Crippen molar-refractivity contribution >= 4 is 5.97 Å². The molecule has 86 valence electrons. The van der Waals surface area contributed by atoms with Gasteiger partial charge in [0.15, 0.2) is 0 Å². The highest BCUT2D eigenvalue weighted by Crippen LogP contribution is 1.90. The molecule has 1 atom stereocenters. The first-order valence-corrected chi connectivity index (χ1v) is 4.58. The summed E-state index contributed by atoms with van der Waals surface area (Å²) in [6, 6.07) is -0.564. The van der Waals surface area contributed by atoms with Gasteiger partial charge in [0, 0.05) is 18.0 Å². The van der Waals surface area contributed by atoms with E-state index in [0.717, 1.165) is 6.54 Å². The van der Waals surface area contributed by atoms with Crippen molar-refractivity contribution < 1.29 is 9.53 Å². The summed E-state index contributed by atoms with van der Waals surface area (Å²) in [4.78, 5) is 15.8. The number of hydrogen-bond acceptors (Lipinski definition) is 5. The molecule has 0 saturated carbocycles. The van der Waals surface area contributed by atoms with Crippen LogP contribution in [0.15, 0.2) is 5.11 Å². The Morgan fingerprint density at radius 2 is 2.33 bits per heavy atom. The Balaban J connectivity index is 4.00. The Bertz CT molecular complexity index is 237. The predicted molar refractivity (Wildman–Crippen MR) is 56.4 cm³/mol. The zero-order valence-electron chi connectivity index (χ0n) is 9.30. The van der Waals surface area contributed by atoms with Gasteiger partial charge in [0.25, 0.3) is 0 Å². The Labute approximate surface area is 89.0 Å². The van der Waals surface area contributed by atoms with Crippen LogP contribution in [0, 0.1) is 0 Å². The minimum absolute atomic E-state index is 0.0661. The number of hydrogen-bond donors (Lipinski definition) is 1. The molecule has 0 aliphatic heterocycles. The molecule has 15 heavy (non-hydrogen) atoms. The molecule has 1 unspecified atom stereocenters. The Kier molecular flexibility index (Phi) is 7.35. The largest absolute Gasteiger partial charge is 0.468 e. The van der Waals surface area contributed by atoms with Crippen molar-refractivity contribution in [3.8, 4) is 0 Å². The van der Waals surface area contributed by atoms with E-state index in [1.165, 1.54) is 7.11 Å². The number of carbonyl (C=O) groups excluding carboxylic acids is 1. The summed E-state index contributed by atoms with van der Waals surface area (Å²) in [6.45, 7) is 1.49. The average molecular weight is 215 g/mol. The summed E-state index contributed by atoms with van der Waals surface area (Å²) in [5.74, 6) is -0.416. The minimum atomic E-state index is -0.564. The van der Waals surface area contributed by atoms with Crippen molar-refractivity contribution in [3.05, 3.63) is 10.4 Å². The second-order valence-electron chi connectivity index (χ2n) is 3.25. The highest BCUT2D eigenvalue weighted by atomic mass is 16.5. The number of esters is 1. The van der Waals surface area contributed by atoms with E-state index in [0.29, 0.717) is 6.54 Å². The molecule has 0 fully saturated rings. The molecule has 0 saturated heterocycles. The maximum atomic E-state index is 11.2. The van der Waals surface area contributed by atoms with Gasteiger partial charge in [-0.1, -0.05) is 5.11 Å². The van der Waals surface area contributed by atoms with Gasteiger partial charge in [-0.25, -0.2) is 0 Å². The number of methoxy groups -OCH3 is 1. The van der Waals surface area contributed by atoms with E-state index in [1.54, 1.807) is 0 Å². The van der Waals surface area contributed by atoms with E-state index in [-0.39, 0.29) is 6.54 Å². The van der Waals surface area contributed by atoms with Crippen molar-refractivity contribution in [3.63, 3.8) is 0 Å².